The van der Waals surface area contributed by atoms with E-state index in [1.807, 2.05) is 0 Å². The second-order valence-electron chi connectivity index (χ2n) is 12.6. The highest BCUT2D eigenvalue weighted by Gasteiger charge is 2.39. The van der Waals surface area contributed by atoms with E-state index in [2.05, 4.69) is 145 Å². The van der Waals surface area contributed by atoms with E-state index in [1.165, 1.54) is 66.7 Å². The quantitative estimate of drug-likeness (QED) is 0.147. The van der Waals surface area contributed by atoms with Gasteiger partial charge in [0.25, 0.3) is 0 Å². The molecule has 0 spiro atoms. The first kappa shape index (κ1) is 30.2. The smallest absolute Gasteiger partial charge is 0.135 e. The van der Waals surface area contributed by atoms with Gasteiger partial charge in [0.2, 0.25) is 0 Å². The van der Waals surface area contributed by atoms with Crippen molar-refractivity contribution in [1.82, 2.24) is 5.32 Å². The summed E-state index contributed by atoms with van der Waals surface area (Å²) in [6.07, 6.45) is 2.27. The van der Waals surface area contributed by atoms with Crippen molar-refractivity contribution in [2.24, 2.45) is 0 Å². The van der Waals surface area contributed by atoms with Crippen LogP contribution in [0.4, 0.5) is 11.4 Å². The highest BCUT2D eigenvalue weighted by atomic mass is 79.9. The first-order valence-electron chi connectivity index (χ1n) is 15.4. The Hall–Kier alpha value is -3.44. The van der Waals surface area contributed by atoms with E-state index >= 15 is 0 Å². The lowest BCUT2D eigenvalue weighted by atomic mass is 9.98. The third-order valence-electron chi connectivity index (χ3n) is 9.24. The Balaban J connectivity index is 1.52. The third kappa shape index (κ3) is 4.93. The van der Waals surface area contributed by atoms with Crippen LogP contribution in [0, 0.1) is 41.5 Å². The maximum Gasteiger partial charge on any atom is 0.135 e. The molecule has 45 heavy (non-hydrogen) atoms. The zero-order valence-corrected chi connectivity index (χ0v) is 29.5. The molecule has 2 heterocycles. The molecule has 1 N–H and O–H groups in total. The van der Waals surface area contributed by atoms with Crippen LogP contribution in [-0.4, -0.2) is 17.9 Å². The number of allylic oxidation sites excluding steroid dienone is 2. The minimum Gasteiger partial charge on any atom is -0.344 e. The molecule has 4 aromatic carbocycles. The Kier molecular flexibility index (Phi) is 7.67. The minimum absolute atomic E-state index is 0.244. The van der Waals surface area contributed by atoms with Gasteiger partial charge in [-0.3, -0.25) is 0 Å². The van der Waals surface area contributed by atoms with Crippen LogP contribution in [0.1, 0.15) is 38.9 Å². The van der Waals surface area contributed by atoms with Crippen LogP contribution < -0.4 is 25.6 Å². The van der Waals surface area contributed by atoms with Gasteiger partial charge in [-0.25, -0.2) is 0 Å². The summed E-state index contributed by atoms with van der Waals surface area (Å²) in [4.78, 5) is 4.70. The van der Waals surface area contributed by atoms with Crippen LogP contribution in [-0.2, 0) is 0 Å². The first-order chi connectivity index (χ1) is 21.5. The Labute approximate surface area is 284 Å². The maximum atomic E-state index is 7.14. The Morgan fingerprint density at radius 1 is 0.711 bits per heavy atom. The molecule has 1 fully saturated rings. The molecule has 6 heteroatoms. The Morgan fingerprint density at radius 3 is 1.82 bits per heavy atom. The SMILES string of the molecule is Cc1cc(C)c(N2CCN(c3c(C)cc(C)cc3C)C2=C2NC(Cl)=C(Cl)C(=c3cccc4c3=Cc3ccccc3-4)C2Br)c(C)c1. The monoisotopic (exact) mass is 695 g/mol. The van der Waals surface area contributed by atoms with Gasteiger partial charge in [0.15, 0.2) is 0 Å². The number of rotatable bonds is 2. The zero-order chi connectivity index (χ0) is 31.7. The average Bonchev–Trinajstić information content (AvgIpc) is 3.56. The van der Waals surface area contributed by atoms with E-state index in [0.29, 0.717) is 10.2 Å². The number of hydrogen-bond acceptors (Lipinski definition) is 3. The lowest BCUT2D eigenvalue weighted by molar-refractivity contribution is 0.892. The normalized spacial score (nSPS) is 18.7. The number of fused-ring (bicyclic) bond motifs is 3. The Morgan fingerprint density at radius 2 is 1.24 bits per heavy atom. The molecule has 1 unspecified atom stereocenters. The van der Waals surface area contributed by atoms with Crippen molar-refractivity contribution in [1.29, 1.82) is 0 Å². The van der Waals surface area contributed by atoms with Crippen molar-refractivity contribution in [2.75, 3.05) is 22.9 Å². The highest BCUT2D eigenvalue weighted by Crippen LogP contribution is 2.44. The fourth-order valence-corrected chi connectivity index (χ4v) is 9.12. The second-order valence-corrected chi connectivity index (χ2v) is 14.2. The van der Waals surface area contributed by atoms with Crippen molar-refractivity contribution in [3.05, 3.63) is 138 Å². The zero-order valence-electron chi connectivity index (χ0n) is 26.4. The molecular weight excluding hydrogens is 661 g/mol. The number of hydrogen-bond donors (Lipinski definition) is 1. The maximum absolute atomic E-state index is 7.14. The number of anilines is 2. The van der Waals surface area contributed by atoms with Gasteiger partial charge >= 0.3 is 0 Å². The molecule has 0 aromatic heterocycles. The second kappa shape index (κ2) is 11.4. The molecule has 7 rings (SSSR count). The predicted octanol–water partition coefficient (Wildman–Crippen LogP) is 8.71. The topological polar surface area (TPSA) is 18.5 Å². The number of benzene rings is 4. The van der Waals surface area contributed by atoms with Gasteiger partial charge < -0.3 is 15.1 Å². The highest BCUT2D eigenvalue weighted by molar-refractivity contribution is 9.10. The number of nitrogens with zero attached hydrogens (tertiary/aromatic N) is 2. The average molecular weight is 698 g/mol. The van der Waals surface area contributed by atoms with Gasteiger partial charge in [0.1, 0.15) is 11.0 Å². The van der Waals surface area contributed by atoms with Crippen molar-refractivity contribution < 1.29 is 0 Å². The summed E-state index contributed by atoms with van der Waals surface area (Å²) >= 11 is 18.4. The van der Waals surface area contributed by atoms with Crippen molar-refractivity contribution in [2.45, 2.75) is 46.4 Å². The molecule has 3 aliphatic rings. The van der Waals surface area contributed by atoms with Crippen LogP contribution in [0.15, 0.2) is 88.4 Å². The molecule has 1 atom stereocenters. The van der Waals surface area contributed by atoms with Gasteiger partial charge in [-0.05, 0) is 97.0 Å². The summed E-state index contributed by atoms with van der Waals surface area (Å²) < 4.78 is 0. The van der Waals surface area contributed by atoms with Crippen LogP contribution in [0.2, 0.25) is 0 Å². The van der Waals surface area contributed by atoms with Crippen molar-refractivity contribution >= 4 is 62.2 Å². The molecule has 0 saturated carbocycles. The lowest BCUT2D eigenvalue weighted by Crippen LogP contribution is -2.39. The fraction of sp³-hybridized carbons (Fsp3) is 0.231. The summed E-state index contributed by atoms with van der Waals surface area (Å²) in [6, 6.07) is 24.1. The van der Waals surface area contributed by atoms with Gasteiger partial charge in [-0.1, -0.05) is 117 Å². The minimum atomic E-state index is -0.244. The molecule has 2 aliphatic heterocycles. The summed E-state index contributed by atoms with van der Waals surface area (Å²) in [5.74, 6) is 1.08. The van der Waals surface area contributed by atoms with Crippen LogP contribution in [0.5, 0.6) is 0 Å². The summed E-state index contributed by atoms with van der Waals surface area (Å²) in [6.45, 7) is 14.9. The molecule has 4 aromatic rings. The number of nitrogens with one attached hydrogen (secondary N) is 1. The lowest BCUT2D eigenvalue weighted by Gasteiger charge is -2.35. The van der Waals surface area contributed by atoms with E-state index in [0.717, 1.165) is 35.4 Å². The first-order valence-corrected chi connectivity index (χ1v) is 17.1. The number of halogens is 3. The van der Waals surface area contributed by atoms with Crippen LogP contribution in [0.3, 0.4) is 0 Å². The molecule has 228 valence electrons. The number of aryl methyl sites for hydroxylation is 6. The van der Waals surface area contributed by atoms with Gasteiger partial charge in [0.05, 0.1) is 15.6 Å². The molecule has 3 nitrogen and oxygen atoms in total. The van der Waals surface area contributed by atoms with E-state index < -0.39 is 0 Å². The largest absolute Gasteiger partial charge is 0.344 e. The van der Waals surface area contributed by atoms with Crippen LogP contribution in [0.25, 0.3) is 22.8 Å². The summed E-state index contributed by atoms with van der Waals surface area (Å²) in [5, 5.41) is 6.78. The van der Waals surface area contributed by atoms with Gasteiger partial charge in [-0.2, -0.15) is 0 Å². The Bertz CT molecular complexity index is 2000. The van der Waals surface area contributed by atoms with Crippen LogP contribution >= 0.6 is 39.1 Å². The molecule has 1 saturated heterocycles. The van der Waals surface area contributed by atoms with E-state index in [-0.39, 0.29) is 4.83 Å². The molecule has 0 bridgehead atoms. The molecule has 0 radical (unpaired) electrons. The van der Waals surface area contributed by atoms with E-state index in [4.69, 9.17) is 23.2 Å². The van der Waals surface area contributed by atoms with Crippen molar-refractivity contribution in [3.63, 3.8) is 0 Å². The standard InChI is InChI=1S/C39H36BrCl2N3/c1-21-16-23(3)36(24(4)17-21)44-14-15-45(37-25(5)18-22(2)19-26(37)6)39(44)35-33(40)32(34(41)38(42)43-35)30-13-9-12-29-28-11-8-7-10-27(28)20-31(29)30/h7-13,16-20,33,43H,14-15H2,1-6H3. The third-order valence-corrected chi connectivity index (χ3v) is 10.9. The predicted molar refractivity (Wildman–Crippen MR) is 196 cm³/mol. The van der Waals surface area contributed by atoms with E-state index in [1.54, 1.807) is 0 Å². The molecule has 1 aliphatic carbocycles. The number of alkyl halides is 1. The summed E-state index contributed by atoms with van der Waals surface area (Å²) in [5.41, 5.74) is 15.6. The summed E-state index contributed by atoms with van der Waals surface area (Å²) in [7, 11) is 0. The van der Waals surface area contributed by atoms with E-state index in [9.17, 15) is 0 Å². The van der Waals surface area contributed by atoms with Gasteiger partial charge in [-0.15, -0.1) is 0 Å². The molecular formula is C39H36BrCl2N3. The fourth-order valence-electron chi connectivity index (χ4n) is 7.73. The van der Waals surface area contributed by atoms with Crippen molar-refractivity contribution in [3.8, 4) is 11.1 Å². The molecule has 0 amide bonds. The van der Waals surface area contributed by atoms with Gasteiger partial charge in [0, 0.05) is 30.0 Å².